The normalized spacial score (nSPS) is 19.7. The van der Waals surface area contributed by atoms with Crippen LogP contribution in [0.3, 0.4) is 0 Å². The molecule has 1 aliphatic heterocycles. The zero-order chi connectivity index (χ0) is 25.5. The van der Waals surface area contributed by atoms with Gasteiger partial charge in [0.1, 0.15) is 5.75 Å². The number of aryl methyl sites for hydroxylation is 2. The van der Waals surface area contributed by atoms with Gasteiger partial charge in [0.25, 0.3) is 0 Å². The molecular weight excluding hydrogens is 442 g/mol. The molecule has 1 amide bonds. The first kappa shape index (κ1) is 25.2. The first-order chi connectivity index (χ1) is 16.4. The summed E-state index contributed by atoms with van der Waals surface area (Å²) < 4.78 is 16.6. The van der Waals surface area contributed by atoms with Gasteiger partial charge in [0.15, 0.2) is 0 Å². The number of hydrogen-bond donors (Lipinski definition) is 1. The number of hydrogen-bond acceptors (Lipinski definition) is 5. The molecular formula is C27H39N5O3. The second-order valence-corrected chi connectivity index (χ2v) is 10.9. The van der Waals surface area contributed by atoms with Crippen molar-refractivity contribution < 1.29 is 14.3 Å². The van der Waals surface area contributed by atoms with Gasteiger partial charge in [0, 0.05) is 50.3 Å². The van der Waals surface area contributed by atoms with Crippen LogP contribution < -0.4 is 10.1 Å². The highest BCUT2D eigenvalue weighted by Gasteiger charge is 2.47. The van der Waals surface area contributed by atoms with Gasteiger partial charge >= 0.3 is 0 Å². The van der Waals surface area contributed by atoms with E-state index in [-0.39, 0.29) is 29.3 Å². The molecule has 1 unspecified atom stereocenters. The summed E-state index contributed by atoms with van der Waals surface area (Å²) >= 11 is 0. The topological polar surface area (TPSA) is 83.2 Å². The van der Waals surface area contributed by atoms with Crippen molar-refractivity contribution in [1.82, 2.24) is 24.9 Å². The maximum Gasteiger partial charge on any atom is 0.219 e. The van der Waals surface area contributed by atoms with Crippen molar-refractivity contribution in [3.8, 4) is 16.9 Å². The third-order valence-electron chi connectivity index (χ3n) is 6.99. The number of amides is 1. The van der Waals surface area contributed by atoms with Crippen molar-refractivity contribution in [3.63, 3.8) is 0 Å². The van der Waals surface area contributed by atoms with E-state index in [0.717, 1.165) is 46.3 Å². The van der Waals surface area contributed by atoms with Crippen LogP contribution in [0.5, 0.6) is 5.75 Å². The van der Waals surface area contributed by atoms with Crippen molar-refractivity contribution >= 4 is 16.8 Å². The quantitative estimate of drug-likeness (QED) is 0.492. The summed E-state index contributed by atoms with van der Waals surface area (Å²) in [5.41, 5.74) is 3.49. The van der Waals surface area contributed by atoms with Gasteiger partial charge in [0.05, 0.1) is 40.4 Å². The summed E-state index contributed by atoms with van der Waals surface area (Å²) in [6.07, 6.45) is 6.06. The molecule has 1 N–H and O–H groups in total. The molecule has 0 spiro atoms. The van der Waals surface area contributed by atoms with Crippen LogP contribution in [-0.2, 0) is 16.6 Å². The van der Waals surface area contributed by atoms with E-state index in [1.165, 1.54) is 0 Å². The molecule has 1 fully saturated rings. The lowest BCUT2D eigenvalue weighted by Crippen LogP contribution is -2.31. The largest absolute Gasteiger partial charge is 0.490 e. The number of nitrogens with one attached hydrogen (secondary N) is 1. The van der Waals surface area contributed by atoms with Gasteiger partial charge in [-0.1, -0.05) is 6.92 Å². The number of carbonyl (C=O) groups is 1. The Labute approximate surface area is 208 Å². The molecule has 1 aromatic carbocycles. The van der Waals surface area contributed by atoms with Gasteiger partial charge in [-0.3, -0.25) is 14.2 Å². The van der Waals surface area contributed by atoms with E-state index < -0.39 is 0 Å². The molecule has 2 atom stereocenters. The number of ether oxygens (including phenoxy) is 2. The third-order valence-corrected chi connectivity index (χ3v) is 6.99. The monoisotopic (exact) mass is 481 g/mol. The van der Waals surface area contributed by atoms with Crippen molar-refractivity contribution in [2.75, 3.05) is 6.54 Å². The summed E-state index contributed by atoms with van der Waals surface area (Å²) in [6, 6.07) is 4.34. The van der Waals surface area contributed by atoms with E-state index in [9.17, 15) is 4.79 Å². The Kier molecular flexibility index (Phi) is 6.70. The molecule has 190 valence electrons. The average molecular weight is 482 g/mol. The summed E-state index contributed by atoms with van der Waals surface area (Å²) in [6.45, 7) is 15.1. The third kappa shape index (κ3) is 5.22. The maximum atomic E-state index is 11.6. The van der Waals surface area contributed by atoms with Crippen molar-refractivity contribution in [2.45, 2.75) is 91.1 Å². The Morgan fingerprint density at radius 2 is 2.03 bits per heavy atom. The minimum absolute atomic E-state index is 0.0564. The molecule has 8 heteroatoms. The predicted octanol–water partition coefficient (Wildman–Crippen LogP) is 4.95. The fourth-order valence-electron chi connectivity index (χ4n) is 5.12. The molecule has 1 aliphatic rings. The van der Waals surface area contributed by atoms with E-state index in [1.54, 1.807) is 0 Å². The summed E-state index contributed by atoms with van der Waals surface area (Å²) in [4.78, 5) is 11.6. The van der Waals surface area contributed by atoms with Gasteiger partial charge in [0.2, 0.25) is 5.91 Å². The first-order valence-corrected chi connectivity index (χ1v) is 12.6. The van der Waals surface area contributed by atoms with Crippen molar-refractivity contribution in [3.05, 3.63) is 30.2 Å². The number of nitrogens with zero attached hydrogens (tertiary/aromatic N) is 4. The van der Waals surface area contributed by atoms with Gasteiger partial charge in [-0.25, -0.2) is 0 Å². The smallest absolute Gasteiger partial charge is 0.219 e. The van der Waals surface area contributed by atoms with Gasteiger partial charge in [-0.15, -0.1) is 0 Å². The molecule has 3 aromatic rings. The number of aromatic nitrogens is 4. The predicted molar refractivity (Wildman–Crippen MR) is 138 cm³/mol. The highest BCUT2D eigenvalue weighted by Crippen LogP contribution is 2.45. The Morgan fingerprint density at radius 1 is 1.29 bits per heavy atom. The number of rotatable bonds is 8. The molecule has 8 nitrogen and oxygen atoms in total. The molecule has 35 heavy (non-hydrogen) atoms. The molecule has 1 saturated heterocycles. The maximum absolute atomic E-state index is 11.6. The van der Waals surface area contributed by atoms with Crippen LogP contribution in [-0.4, -0.2) is 49.3 Å². The van der Waals surface area contributed by atoms with Gasteiger partial charge in [-0.05, 0) is 59.2 Å². The molecule has 0 radical (unpaired) electrons. The molecule has 4 rings (SSSR count). The highest BCUT2D eigenvalue weighted by molar-refractivity contribution is 5.92. The molecule has 2 aromatic heterocycles. The first-order valence-electron chi connectivity index (χ1n) is 12.6. The van der Waals surface area contributed by atoms with E-state index >= 15 is 0 Å². The van der Waals surface area contributed by atoms with Crippen LogP contribution in [0.2, 0.25) is 0 Å². The van der Waals surface area contributed by atoms with E-state index in [4.69, 9.17) is 19.7 Å². The van der Waals surface area contributed by atoms with Gasteiger partial charge in [-0.2, -0.15) is 10.2 Å². The van der Waals surface area contributed by atoms with E-state index in [1.807, 2.05) is 36.5 Å². The Morgan fingerprint density at radius 3 is 2.69 bits per heavy atom. The van der Waals surface area contributed by atoms with Crippen LogP contribution in [0.1, 0.15) is 72.5 Å². The highest BCUT2D eigenvalue weighted by atomic mass is 16.5. The Bertz CT molecular complexity index is 1220. The summed E-state index contributed by atoms with van der Waals surface area (Å²) in [7, 11) is 1.95. The zero-order valence-corrected chi connectivity index (χ0v) is 22.3. The zero-order valence-electron chi connectivity index (χ0n) is 22.3. The summed E-state index contributed by atoms with van der Waals surface area (Å²) in [5, 5.41) is 13.4. The Hall–Kier alpha value is -2.87. The van der Waals surface area contributed by atoms with E-state index in [2.05, 4.69) is 58.3 Å². The molecule has 0 bridgehead atoms. The fraction of sp³-hybridized carbons (Fsp3) is 0.593. The lowest BCUT2D eigenvalue weighted by Gasteiger charge is -2.27. The molecule has 3 heterocycles. The lowest BCUT2D eigenvalue weighted by molar-refractivity contribution is -0.120. The average Bonchev–Trinajstić information content (AvgIpc) is 3.41. The van der Waals surface area contributed by atoms with Crippen LogP contribution in [0.4, 0.5) is 0 Å². The van der Waals surface area contributed by atoms with Crippen LogP contribution in [0.15, 0.2) is 24.5 Å². The lowest BCUT2D eigenvalue weighted by atomic mass is 9.94. The number of fused-ring (bicyclic) bond motifs is 1. The van der Waals surface area contributed by atoms with Crippen LogP contribution in [0, 0.1) is 6.92 Å². The van der Waals surface area contributed by atoms with Crippen molar-refractivity contribution in [1.29, 1.82) is 0 Å². The summed E-state index contributed by atoms with van der Waals surface area (Å²) in [5.74, 6) is 0.858. The van der Waals surface area contributed by atoms with Crippen LogP contribution in [0.25, 0.3) is 22.0 Å². The van der Waals surface area contributed by atoms with Gasteiger partial charge < -0.3 is 14.8 Å². The van der Waals surface area contributed by atoms with Crippen LogP contribution >= 0.6 is 0 Å². The standard InChI is InChI=1S/C27H39N5O3/c1-9-24(33)28-11-10-17(2)34-22-13-19(12-21-25(22)18(3)31(8)30-21)20-15-29-32(16-20)23-14-26(4,5)35-27(23,6)7/h12-13,15-17,23H,9-11,14H2,1-8H3,(H,28,33)/t17-,23?/m1/s1. The second-order valence-electron chi connectivity index (χ2n) is 10.9. The SMILES string of the molecule is CCC(=O)NCC[C@@H](C)Oc1cc(-c2cnn(C3CC(C)(C)OC3(C)C)c2)cc2nn(C)c(C)c12. The number of benzene rings is 1. The second kappa shape index (κ2) is 9.30. The fourth-order valence-corrected chi connectivity index (χ4v) is 5.12. The van der Waals surface area contributed by atoms with E-state index in [0.29, 0.717) is 13.0 Å². The molecule has 0 saturated carbocycles. The minimum atomic E-state index is -0.300. The Balaban J connectivity index is 1.63. The minimum Gasteiger partial charge on any atom is -0.490 e. The van der Waals surface area contributed by atoms with Crippen molar-refractivity contribution in [2.24, 2.45) is 7.05 Å². The molecule has 0 aliphatic carbocycles. The number of carbonyl (C=O) groups excluding carboxylic acids is 1.